The van der Waals surface area contributed by atoms with Crippen LogP contribution in [0.3, 0.4) is 0 Å². The minimum absolute atomic E-state index is 0.0269. The molecule has 4 heteroatoms. The van der Waals surface area contributed by atoms with Gasteiger partial charge in [0.2, 0.25) is 5.91 Å². The summed E-state index contributed by atoms with van der Waals surface area (Å²) in [6.45, 7) is 5.33. The largest absolute Gasteiger partial charge is 0.354 e. The van der Waals surface area contributed by atoms with Gasteiger partial charge in [-0.2, -0.15) is 11.8 Å². The standard InChI is InChI=1S/C14H28N2OS/c1-11(2)9-14(6-4-7-14)10-16-13(17)12(15)5-8-18-3/h11-12H,4-10,15H2,1-3H3,(H,16,17)/t12-/m0/s1. The fourth-order valence-electron chi connectivity index (χ4n) is 2.78. The second-order valence-corrected chi connectivity index (χ2v) is 7.04. The first-order valence-electron chi connectivity index (χ1n) is 7.01. The van der Waals surface area contributed by atoms with Crippen molar-refractivity contribution in [1.29, 1.82) is 0 Å². The average Bonchev–Trinajstić information content (AvgIpc) is 2.28. The van der Waals surface area contributed by atoms with Crippen molar-refractivity contribution in [3.63, 3.8) is 0 Å². The van der Waals surface area contributed by atoms with E-state index in [1.54, 1.807) is 11.8 Å². The van der Waals surface area contributed by atoms with Crippen LogP contribution in [-0.4, -0.2) is 30.5 Å². The van der Waals surface area contributed by atoms with Crippen LogP contribution in [0.15, 0.2) is 0 Å². The molecule has 0 aromatic rings. The van der Waals surface area contributed by atoms with Gasteiger partial charge in [0.1, 0.15) is 0 Å². The molecule has 0 saturated heterocycles. The van der Waals surface area contributed by atoms with Gasteiger partial charge < -0.3 is 11.1 Å². The Balaban J connectivity index is 2.31. The van der Waals surface area contributed by atoms with Gasteiger partial charge in [0.05, 0.1) is 6.04 Å². The van der Waals surface area contributed by atoms with Crippen molar-refractivity contribution < 1.29 is 4.79 Å². The lowest BCUT2D eigenvalue weighted by Gasteiger charge is -2.43. The van der Waals surface area contributed by atoms with Crippen LogP contribution < -0.4 is 11.1 Å². The molecule has 0 heterocycles. The predicted octanol–water partition coefficient (Wildman–Crippen LogP) is 2.40. The van der Waals surface area contributed by atoms with Crippen LogP contribution in [-0.2, 0) is 4.79 Å². The molecule has 106 valence electrons. The van der Waals surface area contributed by atoms with Crippen LogP contribution in [0.4, 0.5) is 0 Å². The molecule has 0 unspecified atom stereocenters. The summed E-state index contributed by atoms with van der Waals surface area (Å²) in [7, 11) is 0. The lowest BCUT2D eigenvalue weighted by molar-refractivity contribution is -0.123. The van der Waals surface area contributed by atoms with Crippen LogP contribution in [0, 0.1) is 11.3 Å². The highest BCUT2D eigenvalue weighted by molar-refractivity contribution is 7.98. The number of carbonyl (C=O) groups is 1. The Labute approximate surface area is 116 Å². The van der Waals surface area contributed by atoms with Crippen LogP contribution >= 0.6 is 11.8 Å². The third-order valence-corrected chi connectivity index (χ3v) is 4.51. The first-order chi connectivity index (χ1) is 8.49. The maximum absolute atomic E-state index is 11.9. The van der Waals surface area contributed by atoms with Gasteiger partial charge in [0.25, 0.3) is 0 Å². The highest BCUT2D eigenvalue weighted by atomic mass is 32.2. The quantitative estimate of drug-likeness (QED) is 0.713. The summed E-state index contributed by atoms with van der Waals surface area (Å²) in [6, 6.07) is -0.339. The number of amides is 1. The van der Waals surface area contributed by atoms with Crippen LogP contribution in [0.5, 0.6) is 0 Å². The number of nitrogens with two attached hydrogens (primary N) is 1. The minimum Gasteiger partial charge on any atom is -0.354 e. The van der Waals surface area contributed by atoms with Crippen LogP contribution in [0.1, 0.15) is 46.0 Å². The molecule has 0 aliphatic heterocycles. The number of carbonyl (C=O) groups excluding carboxylic acids is 1. The summed E-state index contributed by atoms with van der Waals surface area (Å²) in [5, 5.41) is 3.07. The zero-order valence-electron chi connectivity index (χ0n) is 12.0. The van der Waals surface area contributed by atoms with E-state index >= 15 is 0 Å². The van der Waals surface area contributed by atoms with Crippen molar-refractivity contribution in [2.45, 2.75) is 52.0 Å². The SMILES string of the molecule is CSCC[C@H](N)C(=O)NCC1(CC(C)C)CCC1. The normalized spacial score (nSPS) is 19.4. The van der Waals surface area contributed by atoms with Gasteiger partial charge in [0, 0.05) is 6.54 Å². The molecule has 0 spiro atoms. The molecule has 1 saturated carbocycles. The maximum atomic E-state index is 11.9. The molecule has 1 aliphatic rings. The zero-order chi connectivity index (χ0) is 13.6. The summed E-state index contributed by atoms with van der Waals surface area (Å²) in [6.07, 6.45) is 7.84. The molecule has 3 nitrogen and oxygen atoms in total. The molecule has 0 bridgehead atoms. The summed E-state index contributed by atoms with van der Waals surface area (Å²) < 4.78 is 0. The van der Waals surface area contributed by atoms with Gasteiger partial charge in [-0.3, -0.25) is 4.79 Å². The Morgan fingerprint density at radius 3 is 2.56 bits per heavy atom. The van der Waals surface area contributed by atoms with Gasteiger partial charge in [-0.15, -0.1) is 0 Å². The van der Waals surface area contributed by atoms with Gasteiger partial charge >= 0.3 is 0 Å². The van der Waals surface area contributed by atoms with Gasteiger partial charge in [-0.1, -0.05) is 20.3 Å². The molecule has 1 fully saturated rings. The molecule has 3 N–H and O–H groups in total. The average molecular weight is 272 g/mol. The van der Waals surface area contributed by atoms with Crippen molar-refractivity contribution in [1.82, 2.24) is 5.32 Å². The first-order valence-corrected chi connectivity index (χ1v) is 8.41. The fourth-order valence-corrected chi connectivity index (χ4v) is 3.27. The Morgan fingerprint density at radius 2 is 2.11 bits per heavy atom. The van der Waals surface area contributed by atoms with E-state index in [1.165, 1.54) is 25.7 Å². The summed E-state index contributed by atoms with van der Waals surface area (Å²) in [5.41, 5.74) is 6.23. The minimum atomic E-state index is -0.339. The predicted molar refractivity (Wildman–Crippen MR) is 79.7 cm³/mol. The zero-order valence-corrected chi connectivity index (χ0v) is 12.8. The molecule has 1 amide bonds. The molecule has 0 radical (unpaired) electrons. The Morgan fingerprint density at radius 1 is 1.44 bits per heavy atom. The summed E-state index contributed by atoms with van der Waals surface area (Å²) >= 11 is 1.74. The monoisotopic (exact) mass is 272 g/mol. The second kappa shape index (κ2) is 7.39. The van der Waals surface area contributed by atoms with E-state index < -0.39 is 0 Å². The number of thioether (sulfide) groups is 1. The number of hydrogen-bond donors (Lipinski definition) is 2. The Hall–Kier alpha value is -0.220. The van der Waals surface area contributed by atoms with Gasteiger partial charge in [-0.25, -0.2) is 0 Å². The Kier molecular flexibility index (Phi) is 6.50. The number of hydrogen-bond acceptors (Lipinski definition) is 3. The van der Waals surface area contributed by atoms with E-state index in [0.717, 1.165) is 18.7 Å². The molecule has 1 aliphatic carbocycles. The van der Waals surface area contributed by atoms with E-state index in [4.69, 9.17) is 5.73 Å². The molecule has 1 rings (SSSR count). The van der Waals surface area contributed by atoms with E-state index in [0.29, 0.717) is 11.3 Å². The van der Waals surface area contributed by atoms with Crippen molar-refractivity contribution >= 4 is 17.7 Å². The summed E-state index contributed by atoms with van der Waals surface area (Å²) in [5.74, 6) is 1.68. The third kappa shape index (κ3) is 4.81. The van der Waals surface area contributed by atoms with Crippen molar-refractivity contribution in [3.8, 4) is 0 Å². The van der Waals surface area contributed by atoms with Gasteiger partial charge in [0.15, 0.2) is 0 Å². The molecule has 0 aromatic heterocycles. The molecular formula is C14H28N2OS. The number of rotatable bonds is 8. The topological polar surface area (TPSA) is 55.1 Å². The van der Waals surface area contributed by atoms with E-state index in [2.05, 4.69) is 19.2 Å². The lowest BCUT2D eigenvalue weighted by atomic mass is 9.64. The van der Waals surface area contributed by atoms with E-state index in [-0.39, 0.29) is 11.9 Å². The van der Waals surface area contributed by atoms with Crippen LogP contribution in [0.2, 0.25) is 0 Å². The van der Waals surface area contributed by atoms with Gasteiger partial charge in [-0.05, 0) is 49.0 Å². The van der Waals surface area contributed by atoms with Crippen LogP contribution in [0.25, 0.3) is 0 Å². The smallest absolute Gasteiger partial charge is 0.236 e. The maximum Gasteiger partial charge on any atom is 0.236 e. The lowest BCUT2D eigenvalue weighted by Crippen LogP contribution is -2.48. The molecular weight excluding hydrogens is 244 g/mol. The molecule has 18 heavy (non-hydrogen) atoms. The molecule has 0 aromatic carbocycles. The highest BCUT2D eigenvalue weighted by Gasteiger charge is 2.37. The fraction of sp³-hybridized carbons (Fsp3) is 0.929. The van der Waals surface area contributed by atoms with Crippen molar-refractivity contribution in [2.75, 3.05) is 18.6 Å². The summed E-state index contributed by atoms with van der Waals surface area (Å²) in [4.78, 5) is 11.9. The number of nitrogens with one attached hydrogen (secondary N) is 1. The van der Waals surface area contributed by atoms with E-state index in [1.807, 2.05) is 6.26 Å². The van der Waals surface area contributed by atoms with Crippen molar-refractivity contribution in [2.24, 2.45) is 17.1 Å². The second-order valence-electron chi connectivity index (χ2n) is 6.06. The Bertz CT molecular complexity index is 265. The van der Waals surface area contributed by atoms with E-state index in [9.17, 15) is 4.79 Å². The third-order valence-electron chi connectivity index (χ3n) is 3.86. The van der Waals surface area contributed by atoms with Crippen molar-refractivity contribution in [3.05, 3.63) is 0 Å². The molecule has 1 atom stereocenters. The first kappa shape index (κ1) is 15.8. The highest BCUT2D eigenvalue weighted by Crippen LogP contribution is 2.45.